The van der Waals surface area contributed by atoms with Crippen molar-refractivity contribution in [3.8, 4) is 5.75 Å². The molecule has 3 nitrogen and oxygen atoms in total. The maximum absolute atomic E-state index is 5.89. The first-order valence-corrected chi connectivity index (χ1v) is 7.94. The van der Waals surface area contributed by atoms with Gasteiger partial charge < -0.3 is 10.6 Å². The molecule has 116 valence electrons. The van der Waals surface area contributed by atoms with Gasteiger partial charge in [0.25, 0.3) is 0 Å². The van der Waals surface area contributed by atoms with Crippen LogP contribution in [0.1, 0.15) is 43.7 Å². The molecule has 0 aliphatic heterocycles. The maximum Gasteiger partial charge on any atom is 0.170 e. The van der Waals surface area contributed by atoms with Crippen LogP contribution in [-0.4, -0.2) is 5.84 Å². The molecule has 0 atom stereocenters. The third-order valence-electron chi connectivity index (χ3n) is 3.56. The van der Waals surface area contributed by atoms with Crippen LogP contribution in [0.15, 0.2) is 59.8 Å². The van der Waals surface area contributed by atoms with Crippen molar-refractivity contribution in [3.63, 3.8) is 0 Å². The molecule has 0 heterocycles. The lowest BCUT2D eigenvalue weighted by atomic mass is 10.1. The third kappa shape index (κ3) is 5.24. The fourth-order valence-electron chi connectivity index (χ4n) is 2.24. The number of nitrogens with two attached hydrogens (primary N) is 1. The Kier molecular flexibility index (Phi) is 6.49. The van der Waals surface area contributed by atoms with E-state index in [1.807, 2.05) is 42.5 Å². The summed E-state index contributed by atoms with van der Waals surface area (Å²) in [6.07, 6.45) is 6.25. The van der Waals surface area contributed by atoms with Gasteiger partial charge in [-0.15, -0.1) is 0 Å². The Morgan fingerprint density at radius 2 is 1.68 bits per heavy atom. The molecule has 0 radical (unpaired) electrons. The summed E-state index contributed by atoms with van der Waals surface area (Å²) in [4.78, 5) is 5.38. The molecule has 0 aliphatic rings. The maximum atomic E-state index is 5.89. The number of aryl methyl sites for hydroxylation is 1. The van der Waals surface area contributed by atoms with E-state index in [0.29, 0.717) is 11.6 Å². The number of amidine groups is 1. The van der Waals surface area contributed by atoms with Gasteiger partial charge in [0.1, 0.15) is 0 Å². The summed E-state index contributed by atoms with van der Waals surface area (Å²) >= 11 is 0. The predicted octanol–water partition coefficient (Wildman–Crippen LogP) is 4.51. The van der Waals surface area contributed by atoms with E-state index < -0.39 is 0 Å². The molecule has 0 bridgehead atoms. The molecule has 2 N–H and O–H groups in total. The number of oxime groups is 1. The zero-order valence-electron chi connectivity index (χ0n) is 13.2. The Hall–Kier alpha value is -2.29. The third-order valence-corrected chi connectivity index (χ3v) is 3.56. The molecule has 0 saturated heterocycles. The van der Waals surface area contributed by atoms with Crippen molar-refractivity contribution in [3.05, 3.63) is 65.7 Å². The number of unbranched alkanes of at least 4 members (excludes halogenated alkanes) is 3. The lowest BCUT2D eigenvalue weighted by Crippen LogP contribution is -2.14. The fraction of sp³-hybridized carbons (Fsp3) is 0.316. The van der Waals surface area contributed by atoms with Gasteiger partial charge in [-0.1, -0.05) is 73.8 Å². The first-order chi connectivity index (χ1) is 10.8. The Labute approximate surface area is 132 Å². The molecule has 2 aromatic carbocycles. The second-order valence-corrected chi connectivity index (χ2v) is 5.39. The summed E-state index contributed by atoms with van der Waals surface area (Å²) in [7, 11) is 0. The van der Waals surface area contributed by atoms with Crippen LogP contribution in [0.2, 0.25) is 0 Å². The quantitative estimate of drug-likeness (QED) is 0.337. The number of benzene rings is 2. The zero-order chi connectivity index (χ0) is 15.6. The summed E-state index contributed by atoms with van der Waals surface area (Å²) in [5, 5.41) is 3.98. The Bertz CT molecular complexity index is 576. The van der Waals surface area contributed by atoms with Crippen molar-refractivity contribution in [1.82, 2.24) is 0 Å². The average molecular weight is 296 g/mol. The summed E-state index contributed by atoms with van der Waals surface area (Å²) in [6.45, 7) is 2.23. The van der Waals surface area contributed by atoms with Crippen molar-refractivity contribution >= 4 is 5.84 Å². The highest BCUT2D eigenvalue weighted by Crippen LogP contribution is 2.15. The van der Waals surface area contributed by atoms with Crippen LogP contribution < -0.4 is 10.6 Å². The molecule has 3 heteroatoms. The van der Waals surface area contributed by atoms with E-state index >= 15 is 0 Å². The fourth-order valence-corrected chi connectivity index (χ4v) is 2.24. The van der Waals surface area contributed by atoms with Crippen LogP contribution in [0, 0.1) is 0 Å². The van der Waals surface area contributed by atoms with Gasteiger partial charge in [-0.05, 0) is 30.5 Å². The van der Waals surface area contributed by atoms with E-state index in [-0.39, 0.29) is 0 Å². The number of hydrogen-bond donors (Lipinski definition) is 1. The monoisotopic (exact) mass is 296 g/mol. The molecule has 0 aromatic heterocycles. The highest BCUT2D eigenvalue weighted by Gasteiger charge is 1.99. The van der Waals surface area contributed by atoms with Crippen LogP contribution in [0.25, 0.3) is 0 Å². The highest BCUT2D eigenvalue weighted by atomic mass is 16.6. The standard InChI is InChI=1S/C19H24N2O/c1-2-3-4-6-9-16-12-14-18(15-13-16)22-21-19(20)17-10-7-5-8-11-17/h5,7-8,10-15H,2-4,6,9H2,1H3,(H2,20,21). The minimum atomic E-state index is 0.379. The van der Waals surface area contributed by atoms with Crippen LogP contribution in [0.3, 0.4) is 0 Å². The molecule has 0 amide bonds. The smallest absolute Gasteiger partial charge is 0.170 e. The molecular weight excluding hydrogens is 272 g/mol. The molecule has 0 fully saturated rings. The summed E-state index contributed by atoms with van der Waals surface area (Å²) in [5.74, 6) is 1.08. The predicted molar refractivity (Wildman–Crippen MR) is 92.1 cm³/mol. The Morgan fingerprint density at radius 1 is 0.955 bits per heavy atom. The van der Waals surface area contributed by atoms with Crippen molar-refractivity contribution in [1.29, 1.82) is 0 Å². The Balaban J connectivity index is 1.86. The first kappa shape index (κ1) is 16.1. The molecule has 0 spiro atoms. The van der Waals surface area contributed by atoms with Crippen LogP contribution in [0.5, 0.6) is 5.75 Å². The number of rotatable bonds is 8. The largest absolute Gasteiger partial charge is 0.380 e. The Morgan fingerprint density at radius 3 is 2.36 bits per heavy atom. The number of nitrogens with zero attached hydrogens (tertiary/aromatic N) is 1. The van der Waals surface area contributed by atoms with Crippen LogP contribution in [0.4, 0.5) is 0 Å². The normalized spacial score (nSPS) is 11.4. The van der Waals surface area contributed by atoms with E-state index in [1.165, 1.54) is 31.2 Å². The van der Waals surface area contributed by atoms with E-state index in [4.69, 9.17) is 10.6 Å². The van der Waals surface area contributed by atoms with Gasteiger partial charge in [-0.3, -0.25) is 0 Å². The molecular formula is C19H24N2O. The second kappa shape index (κ2) is 8.88. The highest BCUT2D eigenvalue weighted by molar-refractivity contribution is 5.97. The molecule has 0 aliphatic carbocycles. The molecule has 2 rings (SSSR count). The topological polar surface area (TPSA) is 47.6 Å². The average Bonchev–Trinajstić information content (AvgIpc) is 2.58. The molecule has 2 aromatic rings. The van der Waals surface area contributed by atoms with Crippen molar-refractivity contribution in [2.75, 3.05) is 0 Å². The van der Waals surface area contributed by atoms with Gasteiger partial charge in [0.2, 0.25) is 0 Å². The van der Waals surface area contributed by atoms with Gasteiger partial charge in [0, 0.05) is 5.56 Å². The van der Waals surface area contributed by atoms with Crippen molar-refractivity contribution < 1.29 is 4.84 Å². The van der Waals surface area contributed by atoms with E-state index in [0.717, 1.165) is 12.0 Å². The van der Waals surface area contributed by atoms with Crippen molar-refractivity contribution in [2.24, 2.45) is 10.9 Å². The minimum absolute atomic E-state index is 0.379. The molecule has 22 heavy (non-hydrogen) atoms. The SMILES string of the molecule is CCCCCCc1ccc(O/N=C(\N)c2ccccc2)cc1. The van der Waals surface area contributed by atoms with E-state index in [9.17, 15) is 0 Å². The lowest BCUT2D eigenvalue weighted by molar-refractivity contribution is 0.341. The molecule has 0 unspecified atom stereocenters. The molecule has 0 saturated carbocycles. The summed E-state index contributed by atoms with van der Waals surface area (Å²) in [5.41, 5.74) is 8.08. The number of hydrogen-bond acceptors (Lipinski definition) is 2. The van der Waals surface area contributed by atoms with Gasteiger partial charge in [-0.25, -0.2) is 0 Å². The second-order valence-electron chi connectivity index (χ2n) is 5.39. The van der Waals surface area contributed by atoms with Crippen LogP contribution in [-0.2, 0) is 6.42 Å². The lowest BCUT2D eigenvalue weighted by Gasteiger charge is -2.04. The zero-order valence-corrected chi connectivity index (χ0v) is 13.2. The van der Waals surface area contributed by atoms with E-state index in [2.05, 4.69) is 24.2 Å². The first-order valence-electron chi connectivity index (χ1n) is 7.94. The van der Waals surface area contributed by atoms with Gasteiger partial charge >= 0.3 is 0 Å². The van der Waals surface area contributed by atoms with Gasteiger partial charge in [-0.2, -0.15) is 0 Å². The van der Waals surface area contributed by atoms with Crippen LogP contribution >= 0.6 is 0 Å². The van der Waals surface area contributed by atoms with Gasteiger partial charge in [0.15, 0.2) is 11.6 Å². The summed E-state index contributed by atoms with van der Waals surface area (Å²) < 4.78 is 0. The minimum Gasteiger partial charge on any atom is -0.380 e. The van der Waals surface area contributed by atoms with E-state index in [1.54, 1.807) is 0 Å². The summed E-state index contributed by atoms with van der Waals surface area (Å²) in [6, 6.07) is 17.7. The van der Waals surface area contributed by atoms with Crippen molar-refractivity contribution in [2.45, 2.75) is 39.0 Å². The van der Waals surface area contributed by atoms with Gasteiger partial charge in [0.05, 0.1) is 0 Å².